The van der Waals surface area contributed by atoms with E-state index in [1.165, 1.54) is 17.1 Å². The number of hydrogen-bond acceptors (Lipinski definition) is 5. The lowest BCUT2D eigenvalue weighted by atomic mass is 9.89. The van der Waals surface area contributed by atoms with E-state index >= 15 is 0 Å². The molecule has 1 aliphatic heterocycles. The molecule has 3 rings (SSSR count). The van der Waals surface area contributed by atoms with E-state index in [4.69, 9.17) is 5.26 Å². The molecule has 0 bridgehead atoms. The summed E-state index contributed by atoms with van der Waals surface area (Å²) in [6.45, 7) is 2.30. The topological polar surface area (TPSA) is 96.9 Å². The molecule has 0 aromatic heterocycles. The van der Waals surface area contributed by atoms with Crippen molar-refractivity contribution in [3.05, 3.63) is 59.2 Å². The zero-order chi connectivity index (χ0) is 18.7. The van der Waals surface area contributed by atoms with Crippen LogP contribution in [-0.2, 0) is 11.3 Å². The van der Waals surface area contributed by atoms with E-state index in [0.29, 0.717) is 24.1 Å². The van der Waals surface area contributed by atoms with Gasteiger partial charge in [-0.05, 0) is 42.3 Å². The van der Waals surface area contributed by atoms with Crippen LogP contribution in [0, 0.1) is 17.2 Å². The Hall–Kier alpha value is -3.33. The molecule has 0 fully saturated rings. The van der Waals surface area contributed by atoms with E-state index in [1.807, 2.05) is 6.92 Å². The molecule has 6 nitrogen and oxygen atoms in total. The molecule has 1 atom stereocenters. The van der Waals surface area contributed by atoms with Crippen molar-refractivity contribution in [1.29, 1.82) is 5.26 Å². The number of benzene rings is 2. The van der Waals surface area contributed by atoms with Crippen LogP contribution in [-0.4, -0.2) is 26.8 Å². The van der Waals surface area contributed by atoms with Crippen molar-refractivity contribution in [2.45, 2.75) is 26.3 Å². The zero-order valence-electron chi connectivity index (χ0n) is 14.4. The Kier molecular flexibility index (Phi) is 4.90. The second-order valence-electron chi connectivity index (χ2n) is 6.26. The molecule has 1 heterocycles. The third kappa shape index (κ3) is 3.52. The predicted octanol–water partition coefficient (Wildman–Crippen LogP) is 3.13. The average molecular weight is 349 g/mol. The van der Waals surface area contributed by atoms with E-state index in [1.54, 1.807) is 30.3 Å². The van der Waals surface area contributed by atoms with Crippen LogP contribution in [0.5, 0.6) is 11.5 Å². The smallest absolute Gasteiger partial charge is 0.243 e. The van der Waals surface area contributed by atoms with Crippen LogP contribution < -0.4 is 0 Å². The minimum atomic E-state index is -0.212. The quantitative estimate of drug-likeness (QED) is 0.829. The summed E-state index contributed by atoms with van der Waals surface area (Å²) in [5.74, 6) is -0.504. The first-order valence-electron chi connectivity index (χ1n) is 8.42. The standard InChI is InChI=1S/C20H19N3O3/c1-2-15-10-19(26)23(12-14-5-3-13(11-21)4-6-14)22-20(15)16-7-8-17(24)18(25)9-16/h3-9,15,24-25H,2,10,12H2,1H3. The van der Waals surface area contributed by atoms with Gasteiger partial charge in [-0.1, -0.05) is 19.1 Å². The molecule has 2 N–H and O–H groups in total. The van der Waals surface area contributed by atoms with Gasteiger partial charge in [-0.3, -0.25) is 4.79 Å². The van der Waals surface area contributed by atoms with E-state index < -0.39 is 0 Å². The average Bonchev–Trinajstić information content (AvgIpc) is 2.66. The molecule has 26 heavy (non-hydrogen) atoms. The predicted molar refractivity (Wildman–Crippen MR) is 96.4 cm³/mol. The minimum absolute atomic E-state index is 0.0383. The number of hydrogen-bond donors (Lipinski definition) is 2. The highest BCUT2D eigenvalue weighted by Crippen LogP contribution is 2.30. The Morgan fingerprint density at radius 3 is 2.54 bits per heavy atom. The number of nitrogens with zero attached hydrogens (tertiary/aromatic N) is 3. The van der Waals surface area contributed by atoms with Crippen LogP contribution >= 0.6 is 0 Å². The van der Waals surface area contributed by atoms with Gasteiger partial charge >= 0.3 is 0 Å². The van der Waals surface area contributed by atoms with E-state index in [0.717, 1.165) is 17.7 Å². The molecule has 1 unspecified atom stereocenters. The molecule has 132 valence electrons. The SMILES string of the molecule is CCC1CC(=O)N(Cc2ccc(C#N)cc2)N=C1c1ccc(O)c(O)c1. The largest absolute Gasteiger partial charge is 0.504 e. The van der Waals surface area contributed by atoms with Crippen molar-refractivity contribution >= 4 is 11.6 Å². The summed E-state index contributed by atoms with van der Waals surface area (Å²) in [5, 5.41) is 34.1. The first-order valence-corrected chi connectivity index (χ1v) is 8.42. The highest BCUT2D eigenvalue weighted by molar-refractivity contribution is 6.06. The molecule has 0 saturated heterocycles. The first kappa shape index (κ1) is 17.5. The minimum Gasteiger partial charge on any atom is -0.504 e. The highest BCUT2D eigenvalue weighted by Gasteiger charge is 2.29. The van der Waals surface area contributed by atoms with Crippen molar-refractivity contribution in [2.24, 2.45) is 11.0 Å². The fraction of sp³-hybridized carbons (Fsp3) is 0.250. The van der Waals surface area contributed by atoms with Gasteiger partial charge < -0.3 is 10.2 Å². The fourth-order valence-corrected chi connectivity index (χ4v) is 2.98. The summed E-state index contributed by atoms with van der Waals surface area (Å²) >= 11 is 0. The molecule has 0 spiro atoms. The molecule has 1 amide bonds. The van der Waals surface area contributed by atoms with Gasteiger partial charge in [-0.15, -0.1) is 0 Å². The number of carbonyl (C=O) groups excluding carboxylic acids is 1. The molecule has 0 radical (unpaired) electrons. The Morgan fingerprint density at radius 1 is 1.19 bits per heavy atom. The lowest BCUT2D eigenvalue weighted by Gasteiger charge is -2.29. The molecule has 2 aromatic rings. The summed E-state index contributed by atoms with van der Waals surface area (Å²) < 4.78 is 0. The second-order valence-corrected chi connectivity index (χ2v) is 6.26. The first-order chi connectivity index (χ1) is 12.5. The Bertz CT molecular complexity index is 898. The normalized spacial score (nSPS) is 16.9. The van der Waals surface area contributed by atoms with Crippen LogP contribution in [0.4, 0.5) is 0 Å². The van der Waals surface area contributed by atoms with Crippen LogP contribution in [0.25, 0.3) is 0 Å². The van der Waals surface area contributed by atoms with Gasteiger partial charge in [0, 0.05) is 17.9 Å². The van der Waals surface area contributed by atoms with Gasteiger partial charge in [0.25, 0.3) is 0 Å². The third-order valence-electron chi connectivity index (χ3n) is 4.50. The van der Waals surface area contributed by atoms with Crippen LogP contribution in [0.2, 0.25) is 0 Å². The lowest BCUT2D eigenvalue weighted by molar-refractivity contribution is -0.133. The number of hydrazone groups is 1. The van der Waals surface area contributed by atoms with E-state index in [9.17, 15) is 15.0 Å². The van der Waals surface area contributed by atoms with Crippen molar-refractivity contribution in [1.82, 2.24) is 5.01 Å². The summed E-state index contributed by atoms with van der Waals surface area (Å²) in [6, 6.07) is 13.7. The highest BCUT2D eigenvalue weighted by atomic mass is 16.3. The number of nitriles is 1. The molecule has 0 aliphatic carbocycles. The maximum atomic E-state index is 12.5. The Balaban J connectivity index is 1.92. The maximum absolute atomic E-state index is 12.5. The van der Waals surface area contributed by atoms with Crippen LogP contribution in [0.1, 0.15) is 36.5 Å². The van der Waals surface area contributed by atoms with Crippen molar-refractivity contribution in [3.63, 3.8) is 0 Å². The van der Waals surface area contributed by atoms with Gasteiger partial charge in [0.15, 0.2) is 11.5 Å². The van der Waals surface area contributed by atoms with Crippen LogP contribution in [0.3, 0.4) is 0 Å². The van der Waals surface area contributed by atoms with Crippen molar-refractivity contribution < 1.29 is 15.0 Å². The van der Waals surface area contributed by atoms with Crippen molar-refractivity contribution in [3.8, 4) is 17.6 Å². The molecule has 1 aliphatic rings. The molecular formula is C20H19N3O3. The number of carbonyl (C=O) groups is 1. The number of aromatic hydroxyl groups is 2. The Labute approximate surface area is 151 Å². The zero-order valence-corrected chi connectivity index (χ0v) is 14.4. The number of amides is 1. The third-order valence-corrected chi connectivity index (χ3v) is 4.50. The fourth-order valence-electron chi connectivity index (χ4n) is 2.98. The monoisotopic (exact) mass is 349 g/mol. The van der Waals surface area contributed by atoms with Crippen LogP contribution in [0.15, 0.2) is 47.6 Å². The van der Waals surface area contributed by atoms with E-state index in [2.05, 4.69) is 11.2 Å². The number of rotatable bonds is 4. The molecular weight excluding hydrogens is 330 g/mol. The van der Waals surface area contributed by atoms with Gasteiger partial charge in [-0.25, -0.2) is 5.01 Å². The summed E-state index contributed by atoms with van der Waals surface area (Å²) in [7, 11) is 0. The lowest BCUT2D eigenvalue weighted by Crippen LogP contribution is -2.36. The summed E-state index contributed by atoms with van der Waals surface area (Å²) in [4.78, 5) is 12.5. The molecule has 6 heteroatoms. The Morgan fingerprint density at radius 2 is 1.92 bits per heavy atom. The van der Waals surface area contributed by atoms with Gasteiger partial charge in [0.2, 0.25) is 5.91 Å². The van der Waals surface area contributed by atoms with Crippen molar-refractivity contribution in [2.75, 3.05) is 0 Å². The number of phenolic OH excluding ortho intramolecular Hbond substituents is 2. The number of phenols is 2. The van der Waals surface area contributed by atoms with Gasteiger partial charge in [0.05, 0.1) is 23.9 Å². The summed E-state index contributed by atoms with van der Waals surface area (Å²) in [6.07, 6.45) is 1.09. The molecule has 2 aromatic carbocycles. The van der Waals surface area contributed by atoms with Gasteiger partial charge in [0.1, 0.15) is 0 Å². The van der Waals surface area contributed by atoms with E-state index in [-0.39, 0.29) is 23.3 Å². The molecule has 0 saturated carbocycles. The second kappa shape index (κ2) is 7.28. The van der Waals surface area contributed by atoms with Gasteiger partial charge in [-0.2, -0.15) is 10.4 Å². The maximum Gasteiger partial charge on any atom is 0.243 e. The summed E-state index contributed by atoms with van der Waals surface area (Å²) in [5.41, 5.74) is 2.85.